The fourth-order valence-electron chi connectivity index (χ4n) is 3.23. The Morgan fingerprint density at radius 1 is 1.14 bits per heavy atom. The summed E-state index contributed by atoms with van der Waals surface area (Å²) in [4.78, 5) is 24.5. The minimum absolute atomic E-state index is 0.0916. The van der Waals surface area contributed by atoms with E-state index in [4.69, 9.17) is 9.47 Å². The topological polar surface area (TPSA) is 88.7 Å². The first-order chi connectivity index (χ1) is 14.0. The van der Waals surface area contributed by atoms with Crippen LogP contribution in [0.15, 0.2) is 48.5 Å². The van der Waals surface area contributed by atoms with Crippen molar-refractivity contribution in [2.75, 3.05) is 32.1 Å². The number of anilines is 1. The van der Waals surface area contributed by atoms with E-state index in [9.17, 15) is 9.59 Å². The first-order valence-electron chi connectivity index (χ1n) is 9.73. The number of nitrogens with one attached hydrogen (secondary N) is 3. The van der Waals surface area contributed by atoms with Crippen LogP contribution in [0.1, 0.15) is 23.7 Å². The summed E-state index contributed by atoms with van der Waals surface area (Å²) < 4.78 is 10.6. The molecule has 154 valence electrons. The quantitative estimate of drug-likeness (QED) is 0.668. The number of rotatable bonds is 7. The van der Waals surface area contributed by atoms with Crippen molar-refractivity contribution >= 4 is 17.5 Å². The second kappa shape index (κ2) is 9.93. The molecular formula is C22H27N3O4. The lowest BCUT2D eigenvalue weighted by Crippen LogP contribution is -2.48. The van der Waals surface area contributed by atoms with E-state index < -0.39 is 0 Å². The van der Waals surface area contributed by atoms with Gasteiger partial charge in [-0.1, -0.05) is 13.0 Å². The van der Waals surface area contributed by atoms with Crippen molar-refractivity contribution in [2.24, 2.45) is 5.92 Å². The molecule has 2 atom stereocenters. The SMILES string of the molecule is COc1cccc(NC(=O)COc2ccc(C(=O)NC3CCNCC3C)cc2)c1. The van der Waals surface area contributed by atoms with Crippen LogP contribution in [0.25, 0.3) is 0 Å². The Morgan fingerprint density at radius 3 is 2.66 bits per heavy atom. The zero-order chi connectivity index (χ0) is 20.6. The molecule has 0 bridgehead atoms. The van der Waals surface area contributed by atoms with Gasteiger partial charge in [-0.3, -0.25) is 9.59 Å². The number of hydrogen-bond acceptors (Lipinski definition) is 5. The Kier molecular flexibility index (Phi) is 7.08. The van der Waals surface area contributed by atoms with Crippen LogP contribution >= 0.6 is 0 Å². The highest BCUT2D eigenvalue weighted by Crippen LogP contribution is 2.17. The molecule has 29 heavy (non-hydrogen) atoms. The number of carbonyl (C=O) groups excluding carboxylic acids is 2. The predicted octanol–water partition coefficient (Wildman–Crippen LogP) is 2.44. The van der Waals surface area contributed by atoms with E-state index in [1.165, 1.54) is 0 Å². The van der Waals surface area contributed by atoms with Gasteiger partial charge in [0.15, 0.2) is 6.61 Å². The molecular weight excluding hydrogens is 370 g/mol. The summed E-state index contributed by atoms with van der Waals surface area (Å²) in [6.45, 7) is 3.83. The van der Waals surface area contributed by atoms with Crippen LogP contribution in [0.4, 0.5) is 5.69 Å². The smallest absolute Gasteiger partial charge is 0.262 e. The van der Waals surface area contributed by atoms with Crippen LogP contribution in [0.3, 0.4) is 0 Å². The summed E-state index contributed by atoms with van der Waals surface area (Å²) >= 11 is 0. The van der Waals surface area contributed by atoms with E-state index in [-0.39, 0.29) is 24.5 Å². The molecule has 2 aromatic rings. The molecule has 0 spiro atoms. The van der Waals surface area contributed by atoms with Gasteiger partial charge >= 0.3 is 0 Å². The lowest BCUT2D eigenvalue weighted by Gasteiger charge is -2.30. The minimum atomic E-state index is -0.278. The van der Waals surface area contributed by atoms with Gasteiger partial charge < -0.3 is 25.4 Å². The van der Waals surface area contributed by atoms with E-state index >= 15 is 0 Å². The van der Waals surface area contributed by atoms with Gasteiger partial charge in [0.2, 0.25) is 0 Å². The van der Waals surface area contributed by atoms with Gasteiger partial charge in [-0.2, -0.15) is 0 Å². The lowest BCUT2D eigenvalue weighted by atomic mass is 9.95. The standard InChI is InChI=1S/C22H27N3O4/c1-15-13-23-11-10-20(15)25-22(27)16-6-8-18(9-7-16)29-14-21(26)24-17-4-3-5-19(12-17)28-2/h3-9,12,15,20,23H,10-11,13-14H2,1-2H3,(H,24,26)(H,25,27). The Balaban J connectivity index is 1.48. The fraction of sp³-hybridized carbons (Fsp3) is 0.364. The maximum Gasteiger partial charge on any atom is 0.262 e. The molecule has 1 aliphatic heterocycles. The van der Waals surface area contributed by atoms with Crippen molar-refractivity contribution in [1.82, 2.24) is 10.6 Å². The molecule has 1 aliphatic rings. The van der Waals surface area contributed by atoms with Crippen LogP contribution in [-0.4, -0.2) is 44.7 Å². The van der Waals surface area contributed by atoms with Crippen LogP contribution in [0, 0.1) is 5.92 Å². The summed E-state index contributed by atoms with van der Waals surface area (Å²) in [6.07, 6.45) is 0.927. The summed E-state index contributed by atoms with van der Waals surface area (Å²) in [6, 6.07) is 14.1. The highest BCUT2D eigenvalue weighted by atomic mass is 16.5. The molecule has 0 aromatic heterocycles. The van der Waals surface area contributed by atoms with Crippen LogP contribution < -0.4 is 25.4 Å². The molecule has 1 heterocycles. The van der Waals surface area contributed by atoms with Crippen molar-refractivity contribution in [3.63, 3.8) is 0 Å². The van der Waals surface area contributed by atoms with E-state index in [0.29, 0.717) is 28.7 Å². The van der Waals surface area contributed by atoms with Crippen LogP contribution in [0.5, 0.6) is 11.5 Å². The summed E-state index contributed by atoms with van der Waals surface area (Å²) in [7, 11) is 1.57. The van der Waals surface area contributed by atoms with E-state index in [1.807, 2.05) is 0 Å². The van der Waals surface area contributed by atoms with Crippen molar-refractivity contribution < 1.29 is 19.1 Å². The highest BCUT2D eigenvalue weighted by Gasteiger charge is 2.23. The molecule has 2 aromatic carbocycles. The van der Waals surface area contributed by atoms with Gasteiger partial charge in [0.25, 0.3) is 11.8 Å². The molecule has 1 fully saturated rings. The number of carbonyl (C=O) groups is 2. The predicted molar refractivity (Wildman–Crippen MR) is 111 cm³/mol. The molecule has 3 rings (SSSR count). The number of hydrogen-bond donors (Lipinski definition) is 3. The third-order valence-electron chi connectivity index (χ3n) is 4.94. The average molecular weight is 397 g/mol. The highest BCUT2D eigenvalue weighted by molar-refractivity contribution is 5.94. The average Bonchev–Trinajstić information content (AvgIpc) is 2.74. The largest absolute Gasteiger partial charge is 0.497 e. The number of methoxy groups -OCH3 is 1. The zero-order valence-corrected chi connectivity index (χ0v) is 16.7. The van der Waals surface area contributed by atoms with Gasteiger partial charge in [-0.05, 0) is 61.8 Å². The monoisotopic (exact) mass is 397 g/mol. The maximum atomic E-state index is 12.4. The molecule has 0 radical (unpaired) electrons. The van der Waals surface area contributed by atoms with Crippen molar-refractivity contribution in [1.29, 1.82) is 0 Å². The first kappa shape index (κ1) is 20.7. The minimum Gasteiger partial charge on any atom is -0.497 e. The van der Waals surface area contributed by atoms with Gasteiger partial charge in [0.1, 0.15) is 11.5 Å². The molecule has 2 unspecified atom stereocenters. The third kappa shape index (κ3) is 5.96. The number of ether oxygens (including phenoxy) is 2. The van der Waals surface area contributed by atoms with Gasteiger partial charge in [-0.25, -0.2) is 0 Å². The Labute approximate surface area is 170 Å². The molecule has 1 saturated heterocycles. The third-order valence-corrected chi connectivity index (χ3v) is 4.94. The Morgan fingerprint density at radius 2 is 1.93 bits per heavy atom. The van der Waals surface area contributed by atoms with E-state index in [2.05, 4.69) is 22.9 Å². The summed E-state index contributed by atoms with van der Waals surface area (Å²) in [5, 5.41) is 9.17. The summed E-state index contributed by atoms with van der Waals surface area (Å²) in [5.41, 5.74) is 1.21. The van der Waals surface area contributed by atoms with E-state index in [1.54, 1.807) is 55.6 Å². The van der Waals surface area contributed by atoms with Crippen LogP contribution in [0.2, 0.25) is 0 Å². The maximum absolute atomic E-state index is 12.4. The normalized spacial score (nSPS) is 18.6. The van der Waals surface area contributed by atoms with Crippen molar-refractivity contribution in [2.45, 2.75) is 19.4 Å². The Bertz CT molecular complexity index is 838. The van der Waals surface area contributed by atoms with E-state index in [0.717, 1.165) is 19.5 Å². The first-order valence-corrected chi connectivity index (χ1v) is 9.73. The molecule has 3 N–H and O–H groups in total. The van der Waals surface area contributed by atoms with Gasteiger partial charge in [0.05, 0.1) is 7.11 Å². The zero-order valence-electron chi connectivity index (χ0n) is 16.7. The second-order valence-corrected chi connectivity index (χ2v) is 7.14. The Hall–Kier alpha value is -3.06. The van der Waals surface area contributed by atoms with Crippen molar-refractivity contribution in [3.8, 4) is 11.5 Å². The molecule has 0 aliphatic carbocycles. The van der Waals surface area contributed by atoms with Gasteiger partial charge in [0, 0.05) is 23.4 Å². The van der Waals surface area contributed by atoms with Crippen LogP contribution in [-0.2, 0) is 4.79 Å². The second-order valence-electron chi connectivity index (χ2n) is 7.14. The molecule has 7 heteroatoms. The lowest BCUT2D eigenvalue weighted by molar-refractivity contribution is -0.118. The number of amides is 2. The molecule has 7 nitrogen and oxygen atoms in total. The summed E-state index contributed by atoms with van der Waals surface area (Å²) in [5.74, 6) is 1.22. The van der Waals surface area contributed by atoms with Crippen molar-refractivity contribution in [3.05, 3.63) is 54.1 Å². The molecule has 0 saturated carbocycles. The molecule has 2 amide bonds. The number of benzene rings is 2. The fourth-order valence-corrected chi connectivity index (χ4v) is 3.23. The van der Waals surface area contributed by atoms with Gasteiger partial charge in [-0.15, -0.1) is 0 Å². The number of piperidine rings is 1.